The fraction of sp³-hybridized carbons (Fsp3) is 0. The van der Waals surface area contributed by atoms with Gasteiger partial charge in [-0.15, -0.1) is 0 Å². The lowest BCUT2D eigenvalue weighted by molar-refractivity contribution is -0.255. The van der Waals surface area contributed by atoms with E-state index in [4.69, 9.17) is 23.2 Å². The number of carbonyl (C=O) groups is 1. The molecule has 0 bridgehead atoms. The maximum Gasteiger partial charge on any atom is 0.133 e. The number of carboxylic acid groups (broad SMARTS) is 1. The molecule has 0 unspecified atom stereocenters. The standard InChI is InChI=1S/C14H9Cl2FN2O2/c15-10-2-1-3-12(17)9(10)7-18-19-13-6-8(14(20)21)4-5-11(13)16/h1-7,19H,(H,20,21)/p-1/b18-7-. The van der Waals surface area contributed by atoms with Crippen molar-refractivity contribution in [2.45, 2.75) is 0 Å². The molecule has 0 amide bonds. The van der Waals surface area contributed by atoms with E-state index < -0.39 is 11.8 Å². The molecular weight excluding hydrogens is 318 g/mol. The summed E-state index contributed by atoms with van der Waals surface area (Å²) in [6, 6.07) is 8.20. The average molecular weight is 326 g/mol. The molecule has 7 heteroatoms. The van der Waals surface area contributed by atoms with Crippen molar-refractivity contribution in [2.24, 2.45) is 5.10 Å². The number of hydrogen-bond acceptors (Lipinski definition) is 4. The minimum absolute atomic E-state index is 0.0546. The lowest BCUT2D eigenvalue weighted by Crippen LogP contribution is -2.22. The average Bonchev–Trinajstić information content (AvgIpc) is 2.43. The maximum atomic E-state index is 13.5. The van der Waals surface area contributed by atoms with Crippen molar-refractivity contribution in [1.82, 2.24) is 0 Å². The van der Waals surface area contributed by atoms with Crippen molar-refractivity contribution in [3.05, 3.63) is 63.4 Å². The summed E-state index contributed by atoms with van der Waals surface area (Å²) >= 11 is 11.7. The monoisotopic (exact) mass is 325 g/mol. The maximum absolute atomic E-state index is 13.5. The quantitative estimate of drug-likeness (QED) is 0.694. The molecule has 4 nitrogen and oxygen atoms in total. The summed E-state index contributed by atoms with van der Waals surface area (Å²) in [4.78, 5) is 10.8. The summed E-state index contributed by atoms with van der Waals surface area (Å²) in [6.07, 6.45) is 1.18. The molecule has 0 heterocycles. The Bertz CT molecular complexity index is 700. The van der Waals surface area contributed by atoms with Gasteiger partial charge >= 0.3 is 0 Å². The molecule has 2 rings (SSSR count). The van der Waals surface area contributed by atoms with Crippen molar-refractivity contribution in [3.63, 3.8) is 0 Å². The zero-order valence-electron chi connectivity index (χ0n) is 10.4. The second-order valence-electron chi connectivity index (χ2n) is 3.99. The van der Waals surface area contributed by atoms with Crippen molar-refractivity contribution in [3.8, 4) is 0 Å². The highest BCUT2D eigenvalue weighted by atomic mass is 35.5. The van der Waals surface area contributed by atoms with Gasteiger partial charge in [0.05, 0.1) is 27.9 Å². The van der Waals surface area contributed by atoms with E-state index in [2.05, 4.69) is 10.5 Å². The number of hydrogen-bond donors (Lipinski definition) is 1. The van der Waals surface area contributed by atoms with Crippen molar-refractivity contribution >= 4 is 41.1 Å². The van der Waals surface area contributed by atoms with Crippen molar-refractivity contribution < 1.29 is 14.3 Å². The normalized spacial score (nSPS) is 10.8. The van der Waals surface area contributed by atoms with Gasteiger partial charge in [-0.2, -0.15) is 5.10 Å². The van der Waals surface area contributed by atoms with Gasteiger partial charge in [-0.3, -0.25) is 5.43 Å². The van der Waals surface area contributed by atoms with Crippen LogP contribution in [0.3, 0.4) is 0 Å². The smallest absolute Gasteiger partial charge is 0.133 e. The second-order valence-corrected chi connectivity index (χ2v) is 4.80. The molecule has 0 aromatic heterocycles. The molecule has 21 heavy (non-hydrogen) atoms. The zero-order valence-corrected chi connectivity index (χ0v) is 12.0. The summed E-state index contributed by atoms with van der Waals surface area (Å²) in [7, 11) is 0. The number of anilines is 1. The third-order valence-corrected chi connectivity index (χ3v) is 3.24. The van der Waals surface area contributed by atoms with Crippen LogP contribution >= 0.6 is 23.2 Å². The van der Waals surface area contributed by atoms with Gasteiger partial charge in [0, 0.05) is 5.56 Å². The molecule has 1 N–H and O–H groups in total. The number of halogens is 3. The molecule has 0 aliphatic carbocycles. The van der Waals surface area contributed by atoms with E-state index >= 15 is 0 Å². The molecule has 2 aromatic rings. The van der Waals surface area contributed by atoms with Crippen LogP contribution in [0.1, 0.15) is 15.9 Å². The van der Waals surface area contributed by atoms with Crippen LogP contribution in [0.4, 0.5) is 10.1 Å². The van der Waals surface area contributed by atoms with Gasteiger partial charge in [-0.25, -0.2) is 4.39 Å². The number of carbonyl (C=O) groups excluding carboxylic acids is 1. The Morgan fingerprint density at radius 2 is 2.00 bits per heavy atom. The molecule has 0 fully saturated rings. The van der Waals surface area contributed by atoms with Crippen LogP contribution in [-0.2, 0) is 0 Å². The first kappa shape index (κ1) is 15.3. The SMILES string of the molecule is O=C([O-])c1ccc(Cl)c(N/N=C\c2c(F)cccc2Cl)c1. The van der Waals surface area contributed by atoms with E-state index in [-0.39, 0.29) is 26.9 Å². The predicted octanol–water partition coefficient (Wildman–Crippen LogP) is 2.94. The lowest BCUT2D eigenvalue weighted by atomic mass is 10.2. The van der Waals surface area contributed by atoms with Crippen molar-refractivity contribution in [2.75, 3.05) is 5.43 Å². The van der Waals surface area contributed by atoms with E-state index in [9.17, 15) is 14.3 Å². The zero-order chi connectivity index (χ0) is 15.4. The Morgan fingerprint density at radius 3 is 2.67 bits per heavy atom. The van der Waals surface area contributed by atoms with Gasteiger partial charge in [0.25, 0.3) is 0 Å². The van der Waals surface area contributed by atoms with E-state index in [1.807, 2.05) is 0 Å². The summed E-state index contributed by atoms with van der Waals surface area (Å²) in [5.41, 5.74) is 2.84. The van der Waals surface area contributed by atoms with Gasteiger partial charge in [0.2, 0.25) is 0 Å². The number of carboxylic acids is 1. The highest BCUT2D eigenvalue weighted by Crippen LogP contribution is 2.23. The summed E-state index contributed by atoms with van der Waals surface area (Å²) in [6.45, 7) is 0. The van der Waals surface area contributed by atoms with Crippen molar-refractivity contribution in [1.29, 1.82) is 0 Å². The van der Waals surface area contributed by atoms with Gasteiger partial charge in [0.15, 0.2) is 0 Å². The molecule has 0 saturated heterocycles. The van der Waals surface area contributed by atoms with Crippen LogP contribution < -0.4 is 10.5 Å². The minimum atomic E-state index is -1.34. The van der Waals surface area contributed by atoms with Gasteiger partial charge in [-0.05, 0) is 29.8 Å². The number of hydrazone groups is 1. The predicted molar refractivity (Wildman–Crippen MR) is 78.4 cm³/mol. The van der Waals surface area contributed by atoms with Gasteiger partial charge < -0.3 is 9.90 Å². The number of aromatic carboxylic acids is 1. The van der Waals surface area contributed by atoms with Crippen LogP contribution in [0.2, 0.25) is 10.0 Å². The molecule has 0 atom stereocenters. The summed E-state index contributed by atoms with van der Waals surface area (Å²) in [5, 5.41) is 15.0. The third-order valence-electron chi connectivity index (χ3n) is 2.58. The van der Waals surface area contributed by atoms with Gasteiger partial charge in [0.1, 0.15) is 5.82 Å². The Balaban J connectivity index is 2.22. The Morgan fingerprint density at radius 1 is 1.24 bits per heavy atom. The highest BCUT2D eigenvalue weighted by molar-refractivity contribution is 6.33. The molecule has 0 aliphatic rings. The van der Waals surface area contributed by atoms with E-state index in [0.29, 0.717) is 0 Å². The number of nitrogens with one attached hydrogen (secondary N) is 1. The Kier molecular flexibility index (Phi) is 4.77. The van der Waals surface area contributed by atoms with Crippen LogP contribution in [0.25, 0.3) is 0 Å². The van der Waals surface area contributed by atoms with Crippen LogP contribution in [0, 0.1) is 5.82 Å². The van der Waals surface area contributed by atoms with Gasteiger partial charge in [-0.1, -0.05) is 35.3 Å². The fourth-order valence-electron chi connectivity index (χ4n) is 1.54. The molecule has 108 valence electrons. The highest BCUT2D eigenvalue weighted by Gasteiger charge is 2.04. The minimum Gasteiger partial charge on any atom is -0.545 e. The first-order chi connectivity index (χ1) is 9.99. The van der Waals surface area contributed by atoms with Crippen LogP contribution in [0.5, 0.6) is 0 Å². The third kappa shape index (κ3) is 3.71. The van der Waals surface area contributed by atoms with E-state index in [0.717, 1.165) is 0 Å². The molecular formula is C14H8Cl2FN2O2-. The molecule has 0 radical (unpaired) electrons. The Labute approximate surface area is 129 Å². The lowest BCUT2D eigenvalue weighted by Gasteiger charge is -2.07. The molecule has 0 aliphatic heterocycles. The fourth-order valence-corrected chi connectivity index (χ4v) is 1.91. The number of benzene rings is 2. The molecule has 0 saturated carbocycles. The van der Waals surface area contributed by atoms with Crippen LogP contribution in [0.15, 0.2) is 41.5 Å². The molecule has 0 spiro atoms. The molecule has 2 aromatic carbocycles. The van der Waals surface area contributed by atoms with Crippen LogP contribution in [-0.4, -0.2) is 12.2 Å². The second kappa shape index (κ2) is 6.56. The Hall–Kier alpha value is -2.11. The largest absolute Gasteiger partial charge is 0.545 e. The first-order valence-electron chi connectivity index (χ1n) is 5.73. The summed E-state index contributed by atoms with van der Waals surface area (Å²) < 4.78 is 13.5. The number of nitrogens with zero attached hydrogens (tertiary/aromatic N) is 1. The van der Waals surface area contributed by atoms with E-state index in [1.54, 1.807) is 0 Å². The number of rotatable bonds is 4. The summed E-state index contributed by atoms with van der Waals surface area (Å²) in [5.74, 6) is -1.86. The van der Waals surface area contributed by atoms with E-state index in [1.165, 1.54) is 42.6 Å². The first-order valence-corrected chi connectivity index (χ1v) is 6.48. The topological polar surface area (TPSA) is 64.5 Å².